The van der Waals surface area contributed by atoms with Crippen LogP contribution < -0.4 is 5.32 Å². The number of anilines is 1. The number of hydrogen-bond donors (Lipinski definition) is 1. The van der Waals surface area contributed by atoms with E-state index in [1.54, 1.807) is 0 Å². The zero-order chi connectivity index (χ0) is 12.9. The Labute approximate surface area is 103 Å². The Morgan fingerprint density at radius 2 is 1.94 bits per heavy atom. The molecular formula is C14H21NO2. The van der Waals surface area contributed by atoms with Crippen molar-refractivity contribution in [2.45, 2.75) is 39.7 Å². The highest BCUT2D eigenvalue weighted by Gasteiger charge is 2.13. The number of para-hydroxylation sites is 1. The molecule has 0 fully saturated rings. The molecule has 1 N–H and O–H groups in total. The van der Waals surface area contributed by atoms with Gasteiger partial charge in [-0.2, -0.15) is 0 Å². The molecule has 0 bridgehead atoms. The lowest BCUT2D eigenvalue weighted by Gasteiger charge is -2.19. The van der Waals surface area contributed by atoms with E-state index < -0.39 is 0 Å². The summed E-state index contributed by atoms with van der Waals surface area (Å²) in [5.41, 5.74) is 1.72. The van der Waals surface area contributed by atoms with Gasteiger partial charge in [-0.25, -0.2) is 0 Å². The van der Waals surface area contributed by atoms with E-state index in [1.807, 2.05) is 45.0 Å². The Morgan fingerprint density at radius 3 is 2.53 bits per heavy atom. The van der Waals surface area contributed by atoms with Gasteiger partial charge in [0.05, 0.1) is 5.60 Å². The van der Waals surface area contributed by atoms with Crippen LogP contribution >= 0.6 is 0 Å². The van der Waals surface area contributed by atoms with Crippen LogP contribution in [0.3, 0.4) is 0 Å². The van der Waals surface area contributed by atoms with Crippen molar-refractivity contribution >= 4 is 11.6 Å². The summed E-state index contributed by atoms with van der Waals surface area (Å²) in [6, 6.07) is 7.81. The lowest BCUT2D eigenvalue weighted by atomic mass is 10.1. The Balaban J connectivity index is 2.56. The van der Waals surface area contributed by atoms with E-state index in [-0.39, 0.29) is 18.1 Å². The van der Waals surface area contributed by atoms with E-state index in [0.29, 0.717) is 0 Å². The molecular weight excluding hydrogens is 214 g/mol. The smallest absolute Gasteiger partial charge is 0.250 e. The van der Waals surface area contributed by atoms with E-state index in [2.05, 4.69) is 12.2 Å². The molecule has 0 saturated carbocycles. The molecule has 0 aliphatic carbocycles. The lowest BCUT2D eigenvalue weighted by molar-refractivity contribution is -0.125. The fourth-order valence-electron chi connectivity index (χ4n) is 1.42. The van der Waals surface area contributed by atoms with Gasteiger partial charge in [0.1, 0.15) is 6.61 Å². The first kappa shape index (κ1) is 13.7. The summed E-state index contributed by atoms with van der Waals surface area (Å²) in [6.07, 6.45) is 0.899. The third kappa shape index (κ3) is 5.00. The summed E-state index contributed by atoms with van der Waals surface area (Å²) in [7, 11) is 0. The van der Waals surface area contributed by atoms with E-state index in [1.165, 1.54) is 0 Å². The molecule has 0 aliphatic heterocycles. The maximum atomic E-state index is 11.7. The van der Waals surface area contributed by atoms with Gasteiger partial charge in [0.2, 0.25) is 5.91 Å². The Kier molecular flexibility index (Phi) is 4.70. The Morgan fingerprint density at radius 1 is 1.29 bits per heavy atom. The number of carbonyl (C=O) groups is 1. The number of hydrogen-bond acceptors (Lipinski definition) is 2. The molecule has 17 heavy (non-hydrogen) atoms. The number of rotatable bonds is 4. The van der Waals surface area contributed by atoms with Crippen LogP contribution in [0, 0.1) is 0 Å². The number of amides is 1. The average molecular weight is 235 g/mol. The van der Waals surface area contributed by atoms with Crippen molar-refractivity contribution in [3.63, 3.8) is 0 Å². The minimum atomic E-state index is -0.290. The van der Waals surface area contributed by atoms with Crippen molar-refractivity contribution in [1.29, 1.82) is 0 Å². The molecule has 1 amide bonds. The quantitative estimate of drug-likeness (QED) is 0.871. The van der Waals surface area contributed by atoms with Crippen LogP contribution in [0.25, 0.3) is 0 Å². The van der Waals surface area contributed by atoms with Crippen LogP contribution in [0.15, 0.2) is 24.3 Å². The second-order valence-electron chi connectivity index (χ2n) is 4.96. The minimum Gasteiger partial charge on any atom is -0.366 e. The number of ether oxygens (including phenoxy) is 1. The van der Waals surface area contributed by atoms with Crippen LogP contribution in [0.2, 0.25) is 0 Å². The summed E-state index contributed by atoms with van der Waals surface area (Å²) in [5.74, 6) is -0.110. The Bertz CT molecular complexity index is 380. The number of carbonyl (C=O) groups excluding carboxylic acids is 1. The number of aryl methyl sites for hydroxylation is 1. The molecule has 3 nitrogen and oxygen atoms in total. The molecule has 0 saturated heterocycles. The van der Waals surface area contributed by atoms with Gasteiger partial charge in [0.15, 0.2) is 0 Å². The molecule has 1 aromatic rings. The molecule has 1 aromatic carbocycles. The fourth-order valence-corrected chi connectivity index (χ4v) is 1.42. The summed E-state index contributed by atoms with van der Waals surface area (Å²) in [4.78, 5) is 11.7. The lowest BCUT2D eigenvalue weighted by Crippen LogP contribution is -2.27. The van der Waals surface area contributed by atoms with Crippen LogP contribution in [0.5, 0.6) is 0 Å². The number of benzene rings is 1. The largest absolute Gasteiger partial charge is 0.366 e. The zero-order valence-electron chi connectivity index (χ0n) is 11.0. The summed E-state index contributed by atoms with van der Waals surface area (Å²) in [5, 5.41) is 2.87. The maximum absolute atomic E-state index is 11.7. The van der Waals surface area contributed by atoms with Crippen LogP contribution in [-0.2, 0) is 16.0 Å². The van der Waals surface area contributed by atoms with E-state index >= 15 is 0 Å². The molecule has 3 heteroatoms. The SMILES string of the molecule is CCc1ccccc1NC(=O)COC(C)(C)C. The number of nitrogens with one attached hydrogen (secondary N) is 1. The average Bonchev–Trinajstić information content (AvgIpc) is 2.26. The maximum Gasteiger partial charge on any atom is 0.250 e. The van der Waals surface area contributed by atoms with Gasteiger partial charge in [-0.3, -0.25) is 4.79 Å². The summed E-state index contributed by atoms with van der Waals surface area (Å²) >= 11 is 0. The molecule has 0 atom stereocenters. The van der Waals surface area contributed by atoms with Crippen LogP contribution in [0.4, 0.5) is 5.69 Å². The van der Waals surface area contributed by atoms with Gasteiger partial charge < -0.3 is 10.1 Å². The highest BCUT2D eigenvalue weighted by atomic mass is 16.5. The van der Waals surface area contributed by atoms with E-state index in [9.17, 15) is 4.79 Å². The normalized spacial score (nSPS) is 11.3. The predicted octanol–water partition coefficient (Wildman–Crippen LogP) is 3.00. The molecule has 0 unspecified atom stereocenters. The van der Waals surface area contributed by atoms with Gasteiger partial charge in [0, 0.05) is 5.69 Å². The van der Waals surface area contributed by atoms with Crippen LogP contribution in [-0.4, -0.2) is 18.1 Å². The van der Waals surface area contributed by atoms with Crippen LogP contribution in [0.1, 0.15) is 33.3 Å². The third-order valence-corrected chi connectivity index (χ3v) is 2.31. The van der Waals surface area contributed by atoms with Gasteiger partial charge in [0.25, 0.3) is 0 Å². The molecule has 1 rings (SSSR count). The van der Waals surface area contributed by atoms with E-state index in [4.69, 9.17) is 4.74 Å². The van der Waals surface area contributed by atoms with Crippen molar-refractivity contribution in [3.8, 4) is 0 Å². The standard InChI is InChI=1S/C14H21NO2/c1-5-11-8-6-7-9-12(11)15-13(16)10-17-14(2,3)4/h6-9H,5,10H2,1-4H3,(H,15,16). The zero-order valence-corrected chi connectivity index (χ0v) is 11.0. The summed E-state index contributed by atoms with van der Waals surface area (Å²) < 4.78 is 5.42. The fraction of sp³-hybridized carbons (Fsp3) is 0.500. The predicted molar refractivity (Wildman–Crippen MR) is 70.2 cm³/mol. The van der Waals surface area contributed by atoms with E-state index in [0.717, 1.165) is 17.7 Å². The molecule has 0 heterocycles. The molecule has 0 radical (unpaired) electrons. The van der Waals surface area contributed by atoms with Gasteiger partial charge in [-0.15, -0.1) is 0 Å². The molecule has 0 aromatic heterocycles. The van der Waals surface area contributed by atoms with Crippen molar-refractivity contribution < 1.29 is 9.53 Å². The second-order valence-corrected chi connectivity index (χ2v) is 4.96. The molecule has 94 valence electrons. The molecule has 0 spiro atoms. The topological polar surface area (TPSA) is 38.3 Å². The third-order valence-electron chi connectivity index (χ3n) is 2.31. The second kappa shape index (κ2) is 5.82. The van der Waals surface area contributed by atoms with Gasteiger partial charge >= 0.3 is 0 Å². The molecule has 0 aliphatic rings. The summed E-state index contributed by atoms with van der Waals surface area (Å²) in [6.45, 7) is 7.94. The van der Waals surface area contributed by atoms with Crippen molar-refractivity contribution in [2.75, 3.05) is 11.9 Å². The highest BCUT2D eigenvalue weighted by molar-refractivity contribution is 5.92. The minimum absolute atomic E-state index is 0.0849. The van der Waals surface area contributed by atoms with Crippen molar-refractivity contribution in [2.24, 2.45) is 0 Å². The van der Waals surface area contributed by atoms with Crippen molar-refractivity contribution in [3.05, 3.63) is 29.8 Å². The van der Waals surface area contributed by atoms with Gasteiger partial charge in [-0.05, 0) is 38.8 Å². The first-order valence-corrected chi connectivity index (χ1v) is 5.94. The van der Waals surface area contributed by atoms with Crippen molar-refractivity contribution in [1.82, 2.24) is 0 Å². The monoisotopic (exact) mass is 235 g/mol. The highest BCUT2D eigenvalue weighted by Crippen LogP contribution is 2.15. The first-order chi connectivity index (χ1) is 7.92. The van der Waals surface area contributed by atoms with Gasteiger partial charge in [-0.1, -0.05) is 25.1 Å². The first-order valence-electron chi connectivity index (χ1n) is 5.94. The Hall–Kier alpha value is -1.35.